The summed E-state index contributed by atoms with van der Waals surface area (Å²) < 4.78 is 7.09. The molecule has 1 fully saturated rings. The predicted octanol–water partition coefficient (Wildman–Crippen LogP) is 1.94. The molecule has 29 heavy (non-hydrogen) atoms. The second kappa shape index (κ2) is 9.33. The van der Waals surface area contributed by atoms with Crippen LogP contribution < -0.4 is 15.0 Å². The van der Waals surface area contributed by atoms with Crippen LogP contribution in [0.4, 0.5) is 5.82 Å². The normalized spacial score (nSPS) is 13.9. The second-order valence-electron chi connectivity index (χ2n) is 6.92. The molecule has 1 aliphatic rings. The Labute approximate surface area is 169 Å². The van der Waals surface area contributed by atoms with Gasteiger partial charge in [-0.3, -0.25) is 4.79 Å². The quantitative estimate of drug-likeness (QED) is 0.687. The maximum Gasteiger partial charge on any atom is 0.305 e. The number of carboxylic acids is 1. The number of anilines is 1. The fourth-order valence-electron chi connectivity index (χ4n) is 2.80. The Morgan fingerprint density at radius 3 is 2.59 bits per heavy atom. The van der Waals surface area contributed by atoms with Gasteiger partial charge in [0.1, 0.15) is 5.82 Å². The molecule has 2 N–H and O–H groups in total. The van der Waals surface area contributed by atoms with Crippen molar-refractivity contribution in [2.75, 3.05) is 38.2 Å². The minimum atomic E-state index is -0.741. The van der Waals surface area contributed by atoms with Crippen LogP contribution in [0.15, 0.2) is 36.7 Å². The van der Waals surface area contributed by atoms with Crippen molar-refractivity contribution in [2.45, 2.75) is 13.8 Å². The highest BCUT2D eigenvalue weighted by Crippen LogP contribution is 2.24. The van der Waals surface area contributed by atoms with Crippen LogP contribution in [0.25, 0.3) is 16.9 Å². The van der Waals surface area contributed by atoms with E-state index in [9.17, 15) is 4.79 Å². The van der Waals surface area contributed by atoms with Crippen molar-refractivity contribution in [3.8, 4) is 17.1 Å². The van der Waals surface area contributed by atoms with E-state index in [0.29, 0.717) is 5.88 Å². The minimum Gasteiger partial charge on any atom is -0.481 e. The minimum absolute atomic E-state index is 0.231. The maximum atomic E-state index is 9.70. The molecule has 0 atom stereocenters. The van der Waals surface area contributed by atoms with E-state index in [2.05, 4.69) is 20.2 Å². The molecule has 1 saturated heterocycles. The van der Waals surface area contributed by atoms with E-state index in [0.717, 1.165) is 48.9 Å². The predicted molar refractivity (Wildman–Crippen MR) is 110 cm³/mol. The van der Waals surface area contributed by atoms with Gasteiger partial charge >= 0.3 is 5.97 Å². The number of aliphatic carboxylic acids is 1. The molecule has 0 saturated carbocycles. The molecule has 154 valence electrons. The number of nitrogens with zero attached hydrogens (tertiary/aromatic N) is 5. The van der Waals surface area contributed by atoms with E-state index in [1.807, 2.05) is 35.0 Å². The first kappa shape index (κ1) is 20.5. The Hall–Kier alpha value is -3.20. The number of methoxy groups -OCH3 is 1. The van der Waals surface area contributed by atoms with Crippen LogP contribution in [0, 0.1) is 5.92 Å². The SMILES string of the molecule is CC(C)C(=O)O.COc1cc(-c2cnc3ccc(N4CCNCC4)nn23)ccn1. The van der Waals surface area contributed by atoms with Gasteiger partial charge in [0.25, 0.3) is 0 Å². The number of fused-ring (bicyclic) bond motifs is 1. The van der Waals surface area contributed by atoms with Crippen molar-refractivity contribution in [1.82, 2.24) is 24.9 Å². The summed E-state index contributed by atoms with van der Waals surface area (Å²) in [5.41, 5.74) is 2.74. The van der Waals surface area contributed by atoms with Crippen LogP contribution in [0.5, 0.6) is 5.88 Å². The number of nitrogens with one attached hydrogen (secondary N) is 1. The summed E-state index contributed by atoms with van der Waals surface area (Å²) in [5, 5.41) is 16.1. The molecule has 0 spiro atoms. The molecule has 9 nitrogen and oxygen atoms in total. The topological polar surface area (TPSA) is 105 Å². The van der Waals surface area contributed by atoms with Gasteiger partial charge in [-0.05, 0) is 18.2 Å². The molecule has 4 rings (SSSR count). The summed E-state index contributed by atoms with van der Waals surface area (Å²) in [6, 6.07) is 7.87. The lowest BCUT2D eigenvalue weighted by atomic mass is 10.2. The fraction of sp³-hybridized carbons (Fsp3) is 0.400. The van der Waals surface area contributed by atoms with Gasteiger partial charge in [-0.2, -0.15) is 0 Å². The van der Waals surface area contributed by atoms with E-state index < -0.39 is 5.97 Å². The van der Waals surface area contributed by atoms with Crippen molar-refractivity contribution in [3.63, 3.8) is 0 Å². The van der Waals surface area contributed by atoms with E-state index in [4.69, 9.17) is 14.9 Å². The molecule has 9 heteroatoms. The van der Waals surface area contributed by atoms with Crippen molar-refractivity contribution in [2.24, 2.45) is 5.92 Å². The number of hydrogen-bond acceptors (Lipinski definition) is 7. The fourth-order valence-corrected chi connectivity index (χ4v) is 2.80. The Balaban J connectivity index is 0.000000353. The van der Waals surface area contributed by atoms with E-state index in [-0.39, 0.29) is 5.92 Å². The van der Waals surface area contributed by atoms with Gasteiger partial charge in [0, 0.05) is 44.0 Å². The highest BCUT2D eigenvalue weighted by Gasteiger charge is 2.14. The molecule has 0 bridgehead atoms. The van der Waals surface area contributed by atoms with Gasteiger partial charge < -0.3 is 20.1 Å². The summed E-state index contributed by atoms with van der Waals surface area (Å²) in [7, 11) is 1.61. The molecule has 0 aromatic carbocycles. The molecule has 0 radical (unpaired) electrons. The lowest BCUT2D eigenvalue weighted by Gasteiger charge is -2.28. The largest absolute Gasteiger partial charge is 0.481 e. The van der Waals surface area contributed by atoms with Crippen molar-refractivity contribution in [1.29, 1.82) is 0 Å². The first-order valence-corrected chi connectivity index (χ1v) is 9.53. The summed E-state index contributed by atoms with van der Waals surface area (Å²) in [6.07, 6.45) is 3.56. The molecule has 4 heterocycles. The zero-order valence-corrected chi connectivity index (χ0v) is 16.9. The Bertz CT molecular complexity index is 966. The molecular formula is C20H26N6O3. The standard InChI is InChI=1S/C16H18N6O.C4H8O2/c1-23-16-10-12(4-5-18-16)13-11-19-14-2-3-15(20-22(13)14)21-8-6-17-7-9-21;1-3(2)4(5)6/h2-5,10-11,17H,6-9H2,1H3;3H,1-2H3,(H,5,6). The van der Waals surface area contributed by atoms with Crippen molar-refractivity contribution in [3.05, 3.63) is 36.7 Å². The zero-order valence-electron chi connectivity index (χ0n) is 16.9. The molecule has 0 amide bonds. The monoisotopic (exact) mass is 398 g/mol. The van der Waals surface area contributed by atoms with E-state index in [1.165, 1.54) is 0 Å². The Morgan fingerprint density at radius 2 is 1.93 bits per heavy atom. The Kier molecular flexibility index (Phi) is 6.61. The van der Waals surface area contributed by atoms with E-state index in [1.54, 1.807) is 27.2 Å². The molecule has 3 aromatic rings. The number of ether oxygens (including phenoxy) is 1. The number of imidazole rings is 1. The summed E-state index contributed by atoms with van der Waals surface area (Å²) in [5.74, 6) is 0.579. The van der Waals surface area contributed by atoms with Gasteiger partial charge in [-0.15, -0.1) is 5.10 Å². The van der Waals surface area contributed by atoms with Crippen LogP contribution in [0.2, 0.25) is 0 Å². The van der Waals surface area contributed by atoms with Crippen LogP contribution >= 0.6 is 0 Å². The average molecular weight is 398 g/mol. The summed E-state index contributed by atoms with van der Waals surface area (Å²) >= 11 is 0. The van der Waals surface area contributed by atoms with Gasteiger partial charge in [-0.25, -0.2) is 14.5 Å². The Morgan fingerprint density at radius 1 is 1.21 bits per heavy atom. The highest BCUT2D eigenvalue weighted by molar-refractivity contribution is 5.68. The third-order valence-electron chi connectivity index (χ3n) is 4.52. The van der Waals surface area contributed by atoms with Crippen LogP contribution in [-0.4, -0.2) is 63.9 Å². The smallest absolute Gasteiger partial charge is 0.305 e. The molecule has 0 unspecified atom stereocenters. The molecule has 1 aliphatic heterocycles. The first-order valence-electron chi connectivity index (χ1n) is 9.53. The number of piperazine rings is 1. The first-order chi connectivity index (χ1) is 14.0. The third-order valence-corrected chi connectivity index (χ3v) is 4.52. The van der Waals surface area contributed by atoms with Crippen LogP contribution in [0.3, 0.4) is 0 Å². The average Bonchev–Trinajstić information content (AvgIpc) is 3.18. The number of carbonyl (C=O) groups is 1. The number of rotatable bonds is 4. The maximum absolute atomic E-state index is 9.70. The zero-order chi connectivity index (χ0) is 20.8. The van der Waals surface area contributed by atoms with Crippen molar-refractivity contribution >= 4 is 17.4 Å². The van der Waals surface area contributed by atoms with Crippen molar-refractivity contribution < 1.29 is 14.6 Å². The number of pyridine rings is 1. The number of hydrogen-bond donors (Lipinski definition) is 2. The lowest BCUT2D eigenvalue weighted by molar-refractivity contribution is -0.140. The van der Waals surface area contributed by atoms with E-state index >= 15 is 0 Å². The van der Waals surface area contributed by atoms with Gasteiger partial charge in [0.15, 0.2) is 5.65 Å². The molecule has 3 aromatic heterocycles. The second-order valence-corrected chi connectivity index (χ2v) is 6.92. The van der Waals surface area contributed by atoms with Crippen LogP contribution in [0.1, 0.15) is 13.8 Å². The molecular weight excluding hydrogens is 372 g/mol. The van der Waals surface area contributed by atoms with Crippen LogP contribution in [-0.2, 0) is 4.79 Å². The van der Waals surface area contributed by atoms with Gasteiger partial charge in [-0.1, -0.05) is 13.8 Å². The number of aromatic nitrogens is 4. The summed E-state index contributed by atoms with van der Waals surface area (Å²) in [6.45, 7) is 7.18. The lowest BCUT2D eigenvalue weighted by Crippen LogP contribution is -2.44. The highest BCUT2D eigenvalue weighted by atomic mass is 16.5. The number of carboxylic acid groups (broad SMARTS) is 1. The molecule has 0 aliphatic carbocycles. The van der Waals surface area contributed by atoms with Gasteiger partial charge in [0.2, 0.25) is 5.88 Å². The third kappa shape index (κ3) is 5.00. The van der Waals surface area contributed by atoms with Gasteiger partial charge in [0.05, 0.1) is 24.9 Å². The summed E-state index contributed by atoms with van der Waals surface area (Å²) in [4.78, 5) is 20.6.